The van der Waals surface area contributed by atoms with Gasteiger partial charge in [0, 0.05) is 31.3 Å². The van der Waals surface area contributed by atoms with Crippen molar-refractivity contribution in [1.82, 2.24) is 20.4 Å². The van der Waals surface area contributed by atoms with E-state index in [0.717, 1.165) is 25.1 Å². The van der Waals surface area contributed by atoms with Gasteiger partial charge in [-0.1, -0.05) is 5.16 Å². The van der Waals surface area contributed by atoms with Crippen molar-refractivity contribution in [3.8, 4) is 0 Å². The van der Waals surface area contributed by atoms with E-state index in [1.807, 2.05) is 19.2 Å². The SMILES string of the molecule is CNC(C)Cc1noc(CCc2ccncc2)n1. The number of aryl methyl sites for hydroxylation is 2. The molecule has 0 aromatic carbocycles. The first kappa shape index (κ1) is 12.7. The molecule has 0 amide bonds. The Morgan fingerprint density at radius 2 is 2.06 bits per heavy atom. The molecule has 1 N–H and O–H groups in total. The van der Waals surface area contributed by atoms with Crippen molar-refractivity contribution < 1.29 is 4.52 Å². The summed E-state index contributed by atoms with van der Waals surface area (Å²) in [6.45, 7) is 2.09. The molecule has 0 aliphatic rings. The minimum absolute atomic E-state index is 0.357. The molecule has 2 rings (SSSR count). The Morgan fingerprint density at radius 3 is 2.78 bits per heavy atom. The van der Waals surface area contributed by atoms with E-state index in [0.29, 0.717) is 11.9 Å². The molecule has 5 heteroatoms. The highest BCUT2D eigenvalue weighted by atomic mass is 16.5. The summed E-state index contributed by atoms with van der Waals surface area (Å²) in [7, 11) is 1.93. The fourth-order valence-corrected chi connectivity index (χ4v) is 1.65. The molecule has 0 saturated carbocycles. The summed E-state index contributed by atoms with van der Waals surface area (Å²) in [5.74, 6) is 1.46. The maximum Gasteiger partial charge on any atom is 0.226 e. The molecule has 96 valence electrons. The Balaban J connectivity index is 1.87. The van der Waals surface area contributed by atoms with Crippen LogP contribution in [-0.4, -0.2) is 28.2 Å². The van der Waals surface area contributed by atoms with Crippen LogP contribution in [0.1, 0.15) is 24.2 Å². The van der Waals surface area contributed by atoms with E-state index < -0.39 is 0 Å². The van der Waals surface area contributed by atoms with Crippen LogP contribution in [0.2, 0.25) is 0 Å². The van der Waals surface area contributed by atoms with Crippen LogP contribution in [-0.2, 0) is 19.3 Å². The van der Waals surface area contributed by atoms with Gasteiger partial charge in [-0.25, -0.2) is 0 Å². The van der Waals surface area contributed by atoms with Gasteiger partial charge in [0.05, 0.1) is 0 Å². The summed E-state index contributed by atoms with van der Waals surface area (Å²) in [6, 6.07) is 4.36. The van der Waals surface area contributed by atoms with E-state index in [4.69, 9.17) is 4.52 Å². The van der Waals surface area contributed by atoms with Crippen LogP contribution in [0.3, 0.4) is 0 Å². The summed E-state index contributed by atoms with van der Waals surface area (Å²) in [5.41, 5.74) is 1.23. The van der Waals surface area contributed by atoms with Crippen molar-refractivity contribution in [3.63, 3.8) is 0 Å². The zero-order valence-corrected chi connectivity index (χ0v) is 10.8. The van der Waals surface area contributed by atoms with Gasteiger partial charge >= 0.3 is 0 Å². The zero-order chi connectivity index (χ0) is 12.8. The zero-order valence-electron chi connectivity index (χ0n) is 10.8. The predicted molar refractivity (Wildman–Crippen MR) is 68.2 cm³/mol. The average molecular weight is 246 g/mol. The first-order valence-electron chi connectivity index (χ1n) is 6.15. The number of likely N-dealkylation sites (N-methyl/N-ethyl adjacent to an activating group) is 1. The summed E-state index contributed by atoms with van der Waals surface area (Å²) in [4.78, 5) is 8.37. The molecule has 2 heterocycles. The first-order chi connectivity index (χ1) is 8.78. The number of pyridine rings is 1. The summed E-state index contributed by atoms with van der Waals surface area (Å²) >= 11 is 0. The molecule has 0 radical (unpaired) electrons. The Morgan fingerprint density at radius 1 is 1.28 bits per heavy atom. The molecule has 1 unspecified atom stereocenters. The quantitative estimate of drug-likeness (QED) is 0.834. The summed E-state index contributed by atoms with van der Waals surface area (Å²) in [5, 5.41) is 7.13. The van der Waals surface area contributed by atoms with Crippen LogP contribution in [0.5, 0.6) is 0 Å². The molecule has 0 aliphatic heterocycles. The van der Waals surface area contributed by atoms with Crippen LogP contribution in [0.4, 0.5) is 0 Å². The predicted octanol–water partition coefficient (Wildman–Crippen LogP) is 1.40. The van der Waals surface area contributed by atoms with Gasteiger partial charge in [-0.3, -0.25) is 4.98 Å². The van der Waals surface area contributed by atoms with Crippen LogP contribution < -0.4 is 5.32 Å². The van der Waals surface area contributed by atoms with Gasteiger partial charge in [0.2, 0.25) is 5.89 Å². The van der Waals surface area contributed by atoms with Gasteiger partial charge in [0.15, 0.2) is 5.82 Å². The fraction of sp³-hybridized carbons (Fsp3) is 0.462. The van der Waals surface area contributed by atoms with Gasteiger partial charge in [-0.15, -0.1) is 0 Å². The molecule has 0 saturated heterocycles. The van der Waals surface area contributed by atoms with Crippen molar-refractivity contribution in [3.05, 3.63) is 41.8 Å². The van der Waals surface area contributed by atoms with E-state index in [1.54, 1.807) is 12.4 Å². The topological polar surface area (TPSA) is 63.8 Å². The molecule has 0 bridgehead atoms. The van der Waals surface area contributed by atoms with Crippen molar-refractivity contribution in [1.29, 1.82) is 0 Å². The lowest BCUT2D eigenvalue weighted by Crippen LogP contribution is -2.24. The molecule has 2 aromatic heterocycles. The van der Waals surface area contributed by atoms with Gasteiger partial charge in [0.25, 0.3) is 0 Å². The number of rotatable bonds is 6. The van der Waals surface area contributed by atoms with E-state index in [1.165, 1.54) is 5.56 Å². The van der Waals surface area contributed by atoms with Crippen LogP contribution in [0.25, 0.3) is 0 Å². The normalized spacial score (nSPS) is 12.6. The molecule has 0 aliphatic carbocycles. The molecule has 2 aromatic rings. The molecular weight excluding hydrogens is 228 g/mol. The number of aromatic nitrogens is 3. The Labute approximate surface area is 107 Å². The Kier molecular flexibility index (Phi) is 4.41. The van der Waals surface area contributed by atoms with Gasteiger partial charge < -0.3 is 9.84 Å². The Hall–Kier alpha value is -1.75. The highest BCUT2D eigenvalue weighted by molar-refractivity contribution is 5.10. The monoisotopic (exact) mass is 246 g/mol. The second-order valence-electron chi connectivity index (χ2n) is 4.35. The lowest BCUT2D eigenvalue weighted by molar-refractivity contribution is 0.371. The highest BCUT2D eigenvalue weighted by Gasteiger charge is 2.09. The van der Waals surface area contributed by atoms with E-state index in [-0.39, 0.29) is 0 Å². The molecule has 18 heavy (non-hydrogen) atoms. The van der Waals surface area contributed by atoms with E-state index in [2.05, 4.69) is 27.4 Å². The third-order valence-electron chi connectivity index (χ3n) is 2.87. The van der Waals surface area contributed by atoms with Crippen molar-refractivity contribution in [2.24, 2.45) is 0 Å². The molecule has 0 fully saturated rings. The summed E-state index contributed by atoms with van der Waals surface area (Å²) in [6.07, 6.45) is 6.04. The highest BCUT2D eigenvalue weighted by Crippen LogP contribution is 2.06. The maximum atomic E-state index is 5.23. The van der Waals surface area contributed by atoms with Gasteiger partial charge in [0.1, 0.15) is 0 Å². The van der Waals surface area contributed by atoms with Crippen molar-refractivity contribution >= 4 is 0 Å². The van der Waals surface area contributed by atoms with Crippen LogP contribution in [0.15, 0.2) is 29.0 Å². The number of hydrogen-bond acceptors (Lipinski definition) is 5. The van der Waals surface area contributed by atoms with Gasteiger partial charge in [-0.2, -0.15) is 4.98 Å². The molecule has 5 nitrogen and oxygen atoms in total. The molecule has 0 spiro atoms. The van der Waals surface area contributed by atoms with Crippen LogP contribution in [0, 0.1) is 0 Å². The van der Waals surface area contributed by atoms with Crippen LogP contribution >= 0.6 is 0 Å². The smallest absolute Gasteiger partial charge is 0.226 e. The second-order valence-corrected chi connectivity index (χ2v) is 4.35. The lowest BCUT2D eigenvalue weighted by atomic mass is 10.1. The van der Waals surface area contributed by atoms with E-state index >= 15 is 0 Å². The average Bonchev–Trinajstić information content (AvgIpc) is 2.85. The maximum absolute atomic E-state index is 5.23. The fourth-order valence-electron chi connectivity index (χ4n) is 1.65. The molecular formula is C13H18N4O. The third kappa shape index (κ3) is 3.63. The first-order valence-corrected chi connectivity index (χ1v) is 6.15. The summed E-state index contributed by atoms with van der Waals surface area (Å²) < 4.78 is 5.23. The number of hydrogen-bond donors (Lipinski definition) is 1. The largest absolute Gasteiger partial charge is 0.339 e. The standard InChI is InChI=1S/C13H18N4O/c1-10(14-2)9-12-16-13(18-17-12)4-3-11-5-7-15-8-6-11/h5-8,10,14H,3-4,9H2,1-2H3. The van der Waals surface area contributed by atoms with Crippen molar-refractivity contribution in [2.45, 2.75) is 32.2 Å². The minimum Gasteiger partial charge on any atom is -0.339 e. The van der Waals surface area contributed by atoms with E-state index in [9.17, 15) is 0 Å². The number of nitrogens with zero attached hydrogens (tertiary/aromatic N) is 3. The van der Waals surface area contributed by atoms with Crippen molar-refractivity contribution in [2.75, 3.05) is 7.05 Å². The lowest BCUT2D eigenvalue weighted by Gasteiger charge is -2.04. The molecule has 1 atom stereocenters. The Bertz CT molecular complexity index is 469. The van der Waals surface area contributed by atoms with Gasteiger partial charge in [-0.05, 0) is 38.1 Å². The number of nitrogens with one attached hydrogen (secondary N) is 1. The second kappa shape index (κ2) is 6.26. The minimum atomic E-state index is 0.357. The third-order valence-corrected chi connectivity index (χ3v) is 2.87.